The zero-order valence-corrected chi connectivity index (χ0v) is 15.9. The van der Waals surface area contributed by atoms with Gasteiger partial charge in [0.2, 0.25) is 5.91 Å². The highest BCUT2D eigenvalue weighted by atomic mass is 16.5. The number of nitrogens with one attached hydrogen (secondary N) is 1. The summed E-state index contributed by atoms with van der Waals surface area (Å²) >= 11 is 0. The van der Waals surface area contributed by atoms with Crippen molar-refractivity contribution in [3.05, 3.63) is 65.7 Å². The first-order valence-corrected chi connectivity index (χ1v) is 9.49. The minimum absolute atomic E-state index is 0.00828. The number of hydrogen-bond acceptors (Lipinski definition) is 4. The molecule has 0 aromatic heterocycles. The van der Waals surface area contributed by atoms with E-state index in [2.05, 4.69) is 10.2 Å². The molecule has 1 aliphatic heterocycles. The van der Waals surface area contributed by atoms with Gasteiger partial charge in [0, 0.05) is 18.7 Å². The molecule has 2 aromatic rings. The molecule has 27 heavy (non-hydrogen) atoms. The third-order valence-electron chi connectivity index (χ3n) is 5.25. The number of benzene rings is 2. The molecule has 2 aromatic carbocycles. The summed E-state index contributed by atoms with van der Waals surface area (Å²) in [6.07, 6.45) is 2.22. The van der Waals surface area contributed by atoms with E-state index in [9.17, 15) is 9.90 Å². The zero-order chi connectivity index (χ0) is 19.1. The summed E-state index contributed by atoms with van der Waals surface area (Å²) in [5, 5.41) is 14.0. The van der Waals surface area contributed by atoms with Gasteiger partial charge in [-0.3, -0.25) is 9.69 Å². The molecule has 5 nitrogen and oxygen atoms in total. The van der Waals surface area contributed by atoms with Crippen LogP contribution in [0.5, 0.6) is 5.75 Å². The summed E-state index contributed by atoms with van der Waals surface area (Å²) in [5.74, 6) is 0.770. The third-order valence-corrected chi connectivity index (χ3v) is 5.25. The first-order valence-electron chi connectivity index (χ1n) is 9.49. The minimum atomic E-state index is -0.802. The van der Waals surface area contributed by atoms with Crippen LogP contribution in [0.2, 0.25) is 0 Å². The SMILES string of the molecule is COc1ccccc1CNC(=O)CN1CCC[C@@](O)(c2ccccc2)CC1. The maximum Gasteiger partial charge on any atom is 0.234 e. The molecule has 0 unspecified atom stereocenters. The number of likely N-dealkylation sites (tertiary alicyclic amines) is 1. The quantitative estimate of drug-likeness (QED) is 0.823. The fourth-order valence-corrected chi connectivity index (χ4v) is 3.67. The Kier molecular flexibility index (Phi) is 6.48. The number of ether oxygens (including phenoxy) is 1. The van der Waals surface area contributed by atoms with Gasteiger partial charge >= 0.3 is 0 Å². The number of carbonyl (C=O) groups is 1. The van der Waals surface area contributed by atoms with Gasteiger partial charge in [-0.15, -0.1) is 0 Å². The molecular formula is C22H28N2O3. The second-order valence-corrected chi connectivity index (χ2v) is 7.12. The average molecular weight is 368 g/mol. The molecule has 1 aliphatic rings. The molecule has 0 saturated carbocycles. The highest BCUT2D eigenvalue weighted by molar-refractivity contribution is 5.78. The number of para-hydroxylation sites is 1. The van der Waals surface area contributed by atoms with Crippen LogP contribution >= 0.6 is 0 Å². The molecule has 0 radical (unpaired) electrons. The van der Waals surface area contributed by atoms with Gasteiger partial charge in [-0.05, 0) is 37.4 Å². The lowest BCUT2D eigenvalue weighted by atomic mass is 9.87. The second-order valence-electron chi connectivity index (χ2n) is 7.12. The van der Waals surface area contributed by atoms with Crippen molar-refractivity contribution in [1.82, 2.24) is 10.2 Å². The van der Waals surface area contributed by atoms with Crippen LogP contribution in [0.4, 0.5) is 0 Å². The van der Waals surface area contributed by atoms with E-state index in [4.69, 9.17) is 4.74 Å². The molecule has 1 atom stereocenters. The lowest BCUT2D eigenvalue weighted by molar-refractivity contribution is -0.122. The van der Waals surface area contributed by atoms with Crippen LogP contribution in [-0.2, 0) is 16.9 Å². The van der Waals surface area contributed by atoms with Crippen molar-refractivity contribution < 1.29 is 14.6 Å². The summed E-state index contributed by atoms with van der Waals surface area (Å²) in [7, 11) is 1.63. The van der Waals surface area contributed by atoms with Crippen LogP contribution in [0.25, 0.3) is 0 Å². The smallest absolute Gasteiger partial charge is 0.234 e. The highest BCUT2D eigenvalue weighted by Gasteiger charge is 2.32. The monoisotopic (exact) mass is 368 g/mol. The molecule has 1 heterocycles. The van der Waals surface area contributed by atoms with Crippen molar-refractivity contribution in [2.24, 2.45) is 0 Å². The maximum atomic E-state index is 12.4. The minimum Gasteiger partial charge on any atom is -0.496 e. The fourth-order valence-electron chi connectivity index (χ4n) is 3.67. The molecule has 1 amide bonds. The van der Waals surface area contributed by atoms with E-state index in [0.717, 1.165) is 36.3 Å². The van der Waals surface area contributed by atoms with Crippen molar-refractivity contribution in [3.8, 4) is 5.75 Å². The number of hydrogen-bond donors (Lipinski definition) is 2. The Labute approximate surface area is 161 Å². The summed E-state index contributed by atoms with van der Waals surface area (Å²) in [6.45, 7) is 2.31. The van der Waals surface area contributed by atoms with Crippen LogP contribution in [0.1, 0.15) is 30.4 Å². The first kappa shape index (κ1) is 19.4. The van der Waals surface area contributed by atoms with E-state index >= 15 is 0 Å². The molecule has 1 saturated heterocycles. The summed E-state index contributed by atoms with van der Waals surface area (Å²) in [4.78, 5) is 14.5. The topological polar surface area (TPSA) is 61.8 Å². The molecule has 5 heteroatoms. The summed E-state index contributed by atoms with van der Waals surface area (Å²) < 4.78 is 5.32. The summed E-state index contributed by atoms with van der Waals surface area (Å²) in [6, 6.07) is 17.5. The van der Waals surface area contributed by atoms with Gasteiger partial charge < -0.3 is 15.2 Å². The first-order chi connectivity index (χ1) is 13.1. The number of carbonyl (C=O) groups excluding carboxylic acids is 1. The van der Waals surface area contributed by atoms with Gasteiger partial charge in [-0.2, -0.15) is 0 Å². The Morgan fingerprint density at radius 2 is 1.85 bits per heavy atom. The Hall–Kier alpha value is -2.37. The molecule has 2 N–H and O–H groups in total. The number of methoxy groups -OCH3 is 1. The molecule has 1 fully saturated rings. The molecule has 0 bridgehead atoms. The molecule has 144 valence electrons. The van der Waals surface area contributed by atoms with Gasteiger partial charge in [0.25, 0.3) is 0 Å². The van der Waals surface area contributed by atoms with Gasteiger partial charge in [-0.25, -0.2) is 0 Å². The zero-order valence-electron chi connectivity index (χ0n) is 15.9. The van der Waals surface area contributed by atoms with Crippen LogP contribution < -0.4 is 10.1 Å². The van der Waals surface area contributed by atoms with Crippen molar-refractivity contribution in [2.45, 2.75) is 31.4 Å². The Balaban J connectivity index is 1.52. The average Bonchev–Trinajstić information content (AvgIpc) is 2.89. The molecular weight excluding hydrogens is 340 g/mol. The van der Waals surface area contributed by atoms with E-state index in [1.165, 1.54) is 0 Å². The lowest BCUT2D eigenvalue weighted by Gasteiger charge is -2.27. The highest BCUT2D eigenvalue weighted by Crippen LogP contribution is 2.32. The Morgan fingerprint density at radius 3 is 2.63 bits per heavy atom. The van der Waals surface area contributed by atoms with Gasteiger partial charge in [0.05, 0.1) is 19.3 Å². The van der Waals surface area contributed by atoms with E-state index < -0.39 is 5.60 Å². The standard InChI is InChI=1S/C22H28N2O3/c1-27-20-11-6-5-8-18(20)16-23-21(25)17-24-14-7-12-22(26,13-15-24)19-9-3-2-4-10-19/h2-6,8-11,26H,7,12-17H2,1H3,(H,23,25)/t22-/m0/s1. The van der Waals surface area contributed by atoms with E-state index in [1.807, 2.05) is 54.6 Å². The van der Waals surface area contributed by atoms with Crippen LogP contribution in [-0.4, -0.2) is 42.7 Å². The van der Waals surface area contributed by atoms with Crippen LogP contribution in [0.3, 0.4) is 0 Å². The van der Waals surface area contributed by atoms with Gasteiger partial charge in [0.15, 0.2) is 0 Å². The van der Waals surface area contributed by atoms with Crippen molar-refractivity contribution in [2.75, 3.05) is 26.7 Å². The van der Waals surface area contributed by atoms with Gasteiger partial charge in [-0.1, -0.05) is 48.5 Å². The Morgan fingerprint density at radius 1 is 1.11 bits per heavy atom. The fraction of sp³-hybridized carbons (Fsp3) is 0.409. The van der Waals surface area contributed by atoms with Crippen molar-refractivity contribution in [1.29, 1.82) is 0 Å². The molecule has 0 spiro atoms. The number of rotatable bonds is 6. The van der Waals surface area contributed by atoms with E-state index in [0.29, 0.717) is 26.1 Å². The second kappa shape index (κ2) is 9.02. The Bertz CT molecular complexity index is 750. The van der Waals surface area contributed by atoms with Gasteiger partial charge in [0.1, 0.15) is 5.75 Å². The number of nitrogens with zero attached hydrogens (tertiary/aromatic N) is 1. The predicted octanol–water partition coefficient (Wildman–Crippen LogP) is 2.69. The van der Waals surface area contributed by atoms with E-state index in [-0.39, 0.29) is 5.91 Å². The molecule has 0 aliphatic carbocycles. The normalized spacial score (nSPS) is 20.7. The van der Waals surface area contributed by atoms with E-state index in [1.54, 1.807) is 7.11 Å². The van der Waals surface area contributed by atoms with Crippen LogP contribution in [0, 0.1) is 0 Å². The molecule has 3 rings (SSSR count). The largest absolute Gasteiger partial charge is 0.496 e. The predicted molar refractivity (Wildman–Crippen MR) is 105 cm³/mol. The maximum absolute atomic E-state index is 12.4. The number of amides is 1. The van der Waals surface area contributed by atoms with Crippen LogP contribution in [0.15, 0.2) is 54.6 Å². The summed E-state index contributed by atoms with van der Waals surface area (Å²) in [5.41, 5.74) is 1.12. The van der Waals surface area contributed by atoms with Crippen molar-refractivity contribution in [3.63, 3.8) is 0 Å². The van der Waals surface area contributed by atoms with Crippen molar-refractivity contribution >= 4 is 5.91 Å². The third kappa shape index (κ3) is 5.08. The lowest BCUT2D eigenvalue weighted by Crippen LogP contribution is -2.38. The number of aliphatic hydroxyl groups is 1.